The third-order valence-electron chi connectivity index (χ3n) is 2.50. The topological polar surface area (TPSA) is 62.1 Å². The molecule has 0 saturated carbocycles. The molecule has 0 saturated heterocycles. The molecular formula is C12H16N4O. The number of hydrogen-bond acceptors (Lipinski definition) is 5. The Bertz CT molecular complexity index is 483. The van der Waals surface area contributed by atoms with Crippen LogP contribution in [0.15, 0.2) is 24.5 Å². The Morgan fingerprint density at radius 1 is 1.18 bits per heavy atom. The molecule has 0 unspecified atom stereocenters. The van der Waals surface area contributed by atoms with E-state index in [9.17, 15) is 0 Å². The van der Waals surface area contributed by atoms with E-state index in [0.29, 0.717) is 12.2 Å². The first-order valence-electron chi connectivity index (χ1n) is 5.78. The van der Waals surface area contributed by atoms with Gasteiger partial charge in [-0.2, -0.15) is 0 Å². The average molecular weight is 232 g/mol. The van der Waals surface area contributed by atoms with Gasteiger partial charge in [-0.3, -0.25) is 4.98 Å². The predicted octanol–water partition coefficient (Wildman–Crippen LogP) is 1.23. The van der Waals surface area contributed by atoms with Crippen molar-refractivity contribution in [1.29, 1.82) is 0 Å². The first-order valence-corrected chi connectivity index (χ1v) is 5.78. The second kappa shape index (κ2) is 5.54. The highest BCUT2D eigenvalue weighted by atomic mass is 16.3. The van der Waals surface area contributed by atoms with Crippen molar-refractivity contribution in [2.45, 2.75) is 13.3 Å². The highest BCUT2D eigenvalue weighted by molar-refractivity contribution is 5.71. The van der Waals surface area contributed by atoms with E-state index in [-0.39, 0.29) is 6.61 Å². The largest absolute Gasteiger partial charge is 0.395 e. The maximum Gasteiger partial charge on any atom is 0.180 e. The lowest BCUT2D eigenvalue weighted by molar-refractivity contribution is 0.301. The highest BCUT2D eigenvalue weighted by Gasteiger charge is 2.07. The van der Waals surface area contributed by atoms with Gasteiger partial charge in [-0.15, -0.1) is 0 Å². The van der Waals surface area contributed by atoms with Gasteiger partial charge in [0.2, 0.25) is 0 Å². The minimum Gasteiger partial charge on any atom is -0.395 e. The molecule has 5 nitrogen and oxygen atoms in total. The molecule has 0 aliphatic rings. The van der Waals surface area contributed by atoms with Crippen LogP contribution in [0.4, 0.5) is 5.82 Å². The zero-order valence-electron chi connectivity index (χ0n) is 9.87. The van der Waals surface area contributed by atoms with Crippen LogP contribution >= 0.6 is 0 Å². The monoisotopic (exact) mass is 232 g/mol. The van der Waals surface area contributed by atoms with Crippen LogP contribution in [-0.4, -0.2) is 39.8 Å². The molecule has 90 valence electrons. The summed E-state index contributed by atoms with van der Waals surface area (Å²) in [6.07, 6.45) is 4.30. The van der Waals surface area contributed by atoms with Gasteiger partial charge in [0.15, 0.2) is 5.65 Å². The van der Waals surface area contributed by atoms with E-state index in [2.05, 4.69) is 21.9 Å². The number of anilines is 1. The first kappa shape index (κ1) is 11.7. The second-order valence-corrected chi connectivity index (χ2v) is 3.78. The van der Waals surface area contributed by atoms with Crippen LogP contribution in [0.2, 0.25) is 0 Å². The smallest absolute Gasteiger partial charge is 0.180 e. The standard InChI is InChI=1S/C12H16N4O/c1-2-7-16(8-9-17)11-4-3-10-12(15-11)14-6-5-13-10/h3-6,17H,2,7-9H2,1H3. The fourth-order valence-corrected chi connectivity index (χ4v) is 1.75. The van der Waals surface area contributed by atoms with E-state index in [4.69, 9.17) is 5.11 Å². The molecule has 0 radical (unpaired) electrons. The summed E-state index contributed by atoms with van der Waals surface area (Å²) in [6, 6.07) is 3.83. The summed E-state index contributed by atoms with van der Waals surface area (Å²) >= 11 is 0. The second-order valence-electron chi connectivity index (χ2n) is 3.78. The van der Waals surface area contributed by atoms with Gasteiger partial charge in [0.1, 0.15) is 11.3 Å². The van der Waals surface area contributed by atoms with E-state index in [1.807, 2.05) is 17.0 Å². The number of aliphatic hydroxyl groups is 1. The van der Waals surface area contributed by atoms with Gasteiger partial charge >= 0.3 is 0 Å². The van der Waals surface area contributed by atoms with Gasteiger partial charge in [0, 0.05) is 25.5 Å². The zero-order chi connectivity index (χ0) is 12.1. The van der Waals surface area contributed by atoms with Crippen LogP contribution < -0.4 is 4.90 Å². The summed E-state index contributed by atoms with van der Waals surface area (Å²) in [7, 11) is 0. The lowest BCUT2D eigenvalue weighted by Gasteiger charge is -2.21. The Labute approximate surface area is 100 Å². The summed E-state index contributed by atoms with van der Waals surface area (Å²) < 4.78 is 0. The molecule has 1 N–H and O–H groups in total. The number of nitrogens with zero attached hydrogens (tertiary/aromatic N) is 4. The molecule has 0 atom stereocenters. The van der Waals surface area contributed by atoms with E-state index < -0.39 is 0 Å². The maximum absolute atomic E-state index is 9.04. The molecule has 0 fully saturated rings. The van der Waals surface area contributed by atoms with Gasteiger partial charge < -0.3 is 10.0 Å². The van der Waals surface area contributed by atoms with Crippen LogP contribution in [0.25, 0.3) is 11.2 Å². The molecule has 0 bridgehead atoms. The number of pyridine rings is 1. The van der Waals surface area contributed by atoms with E-state index >= 15 is 0 Å². The quantitative estimate of drug-likeness (QED) is 0.840. The predicted molar refractivity (Wildman–Crippen MR) is 66.9 cm³/mol. The molecule has 0 spiro atoms. The van der Waals surface area contributed by atoms with Crippen molar-refractivity contribution < 1.29 is 5.11 Å². The molecule has 2 aromatic rings. The lowest BCUT2D eigenvalue weighted by atomic mass is 10.3. The van der Waals surface area contributed by atoms with Crippen LogP contribution in [0, 0.1) is 0 Å². The minimum atomic E-state index is 0.125. The number of aromatic nitrogens is 3. The lowest BCUT2D eigenvalue weighted by Crippen LogP contribution is -2.28. The fourth-order valence-electron chi connectivity index (χ4n) is 1.75. The van der Waals surface area contributed by atoms with Crippen molar-refractivity contribution in [1.82, 2.24) is 15.0 Å². The van der Waals surface area contributed by atoms with Gasteiger partial charge in [0.05, 0.1) is 6.61 Å². The van der Waals surface area contributed by atoms with Gasteiger partial charge in [-0.25, -0.2) is 9.97 Å². The van der Waals surface area contributed by atoms with E-state index in [0.717, 1.165) is 24.3 Å². The third-order valence-corrected chi connectivity index (χ3v) is 2.50. The van der Waals surface area contributed by atoms with Crippen molar-refractivity contribution in [3.8, 4) is 0 Å². The van der Waals surface area contributed by atoms with Crippen molar-refractivity contribution in [2.75, 3.05) is 24.6 Å². The van der Waals surface area contributed by atoms with Crippen molar-refractivity contribution in [3.63, 3.8) is 0 Å². The third kappa shape index (κ3) is 2.68. The van der Waals surface area contributed by atoms with Gasteiger partial charge in [-0.1, -0.05) is 6.92 Å². The van der Waals surface area contributed by atoms with Gasteiger partial charge in [-0.05, 0) is 18.6 Å². The molecule has 0 aliphatic carbocycles. The maximum atomic E-state index is 9.04. The molecule has 2 aromatic heterocycles. The Hall–Kier alpha value is -1.75. The summed E-state index contributed by atoms with van der Waals surface area (Å²) in [6.45, 7) is 3.69. The number of fused-ring (bicyclic) bond motifs is 1. The summed E-state index contributed by atoms with van der Waals surface area (Å²) in [5, 5.41) is 9.04. The summed E-state index contributed by atoms with van der Waals surface area (Å²) in [5.74, 6) is 0.842. The molecule has 0 amide bonds. The van der Waals surface area contributed by atoms with Crippen LogP contribution in [0.1, 0.15) is 13.3 Å². The molecule has 2 heterocycles. The summed E-state index contributed by atoms with van der Waals surface area (Å²) in [5.41, 5.74) is 1.43. The molecule has 2 rings (SSSR count). The van der Waals surface area contributed by atoms with Crippen molar-refractivity contribution in [2.24, 2.45) is 0 Å². The Balaban J connectivity index is 2.32. The van der Waals surface area contributed by atoms with Crippen LogP contribution in [0.3, 0.4) is 0 Å². The first-order chi connectivity index (χ1) is 8.35. The minimum absolute atomic E-state index is 0.125. The van der Waals surface area contributed by atoms with Gasteiger partial charge in [0.25, 0.3) is 0 Å². The Morgan fingerprint density at radius 2 is 2.00 bits per heavy atom. The zero-order valence-corrected chi connectivity index (χ0v) is 9.87. The number of rotatable bonds is 5. The van der Waals surface area contributed by atoms with Crippen molar-refractivity contribution in [3.05, 3.63) is 24.5 Å². The SMILES string of the molecule is CCCN(CCO)c1ccc2nccnc2n1. The molecule has 17 heavy (non-hydrogen) atoms. The van der Waals surface area contributed by atoms with E-state index in [1.165, 1.54) is 0 Å². The Kier molecular flexibility index (Phi) is 3.82. The number of hydrogen-bond donors (Lipinski definition) is 1. The normalized spacial score (nSPS) is 10.7. The van der Waals surface area contributed by atoms with Crippen LogP contribution in [-0.2, 0) is 0 Å². The summed E-state index contributed by atoms with van der Waals surface area (Å²) in [4.78, 5) is 14.9. The average Bonchev–Trinajstić information content (AvgIpc) is 2.38. The van der Waals surface area contributed by atoms with Crippen LogP contribution in [0.5, 0.6) is 0 Å². The Morgan fingerprint density at radius 3 is 2.76 bits per heavy atom. The fraction of sp³-hybridized carbons (Fsp3) is 0.417. The highest BCUT2D eigenvalue weighted by Crippen LogP contribution is 2.14. The molecule has 0 aromatic carbocycles. The molecule has 5 heteroatoms. The van der Waals surface area contributed by atoms with Crippen molar-refractivity contribution >= 4 is 17.0 Å². The van der Waals surface area contributed by atoms with E-state index in [1.54, 1.807) is 12.4 Å². The molecular weight excluding hydrogens is 216 g/mol. The number of aliphatic hydroxyl groups excluding tert-OH is 1. The molecule has 0 aliphatic heterocycles.